The maximum atomic E-state index is 10.8. The minimum atomic E-state index is -0.0878. The Morgan fingerprint density at radius 3 is 2.43 bits per heavy atom. The molecule has 4 nitrogen and oxygen atoms in total. The third-order valence-electron chi connectivity index (χ3n) is 2.41. The van der Waals surface area contributed by atoms with Gasteiger partial charge >= 0.3 is 0 Å². The van der Waals surface area contributed by atoms with Crippen molar-refractivity contribution in [3.05, 3.63) is 11.7 Å². The molecule has 0 aromatic carbocycles. The summed E-state index contributed by atoms with van der Waals surface area (Å²) in [6.45, 7) is 6.11. The molecule has 0 atom stereocenters. The second-order valence-corrected chi connectivity index (χ2v) is 4.85. The Bertz CT molecular complexity index is 354. The molecule has 14 heavy (non-hydrogen) atoms. The van der Waals surface area contributed by atoms with Gasteiger partial charge in [0.05, 0.1) is 5.92 Å². The second kappa shape index (κ2) is 2.90. The van der Waals surface area contributed by atoms with Crippen LogP contribution < -0.4 is 0 Å². The smallest absolute Gasteiger partial charge is 0.230 e. The zero-order valence-electron chi connectivity index (χ0n) is 8.70. The van der Waals surface area contributed by atoms with Gasteiger partial charge in [0.15, 0.2) is 5.82 Å². The quantitative estimate of drug-likeness (QED) is 0.684. The van der Waals surface area contributed by atoms with Gasteiger partial charge in [-0.3, -0.25) is 4.79 Å². The van der Waals surface area contributed by atoms with Crippen molar-refractivity contribution in [2.45, 2.75) is 44.9 Å². The third-order valence-corrected chi connectivity index (χ3v) is 2.41. The topological polar surface area (TPSA) is 56.0 Å². The maximum Gasteiger partial charge on any atom is 0.230 e. The van der Waals surface area contributed by atoms with Crippen molar-refractivity contribution in [2.75, 3.05) is 0 Å². The van der Waals surface area contributed by atoms with Gasteiger partial charge in [-0.15, -0.1) is 0 Å². The van der Waals surface area contributed by atoms with E-state index in [-0.39, 0.29) is 17.1 Å². The minimum absolute atomic E-state index is 0.0878. The minimum Gasteiger partial charge on any atom is -0.339 e. The van der Waals surface area contributed by atoms with E-state index in [2.05, 4.69) is 10.1 Å². The van der Waals surface area contributed by atoms with Gasteiger partial charge in [0.25, 0.3) is 0 Å². The average molecular weight is 194 g/mol. The molecule has 1 fully saturated rings. The van der Waals surface area contributed by atoms with Gasteiger partial charge in [0, 0.05) is 18.3 Å². The lowest BCUT2D eigenvalue weighted by atomic mass is 9.84. The van der Waals surface area contributed by atoms with Crippen LogP contribution in [-0.4, -0.2) is 15.9 Å². The van der Waals surface area contributed by atoms with E-state index in [0.29, 0.717) is 24.6 Å². The molecule has 0 spiro atoms. The molecule has 1 heterocycles. The lowest BCUT2D eigenvalue weighted by Crippen LogP contribution is -2.21. The number of carbonyl (C=O) groups is 1. The summed E-state index contributed by atoms with van der Waals surface area (Å²) in [6, 6.07) is 0. The van der Waals surface area contributed by atoms with Gasteiger partial charge in [-0.25, -0.2) is 0 Å². The van der Waals surface area contributed by atoms with Gasteiger partial charge in [-0.2, -0.15) is 4.98 Å². The molecule has 2 rings (SSSR count). The van der Waals surface area contributed by atoms with Gasteiger partial charge in [0.1, 0.15) is 5.78 Å². The van der Waals surface area contributed by atoms with Gasteiger partial charge in [-0.1, -0.05) is 25.9 Å². The highest BCUT2D eigenvalue weighted by Crippen LogP contribution is 2.33. The summed E-state index contributed by atoms with van der Waals surface area (Å²) < 4.78 is 5.13. The fraction of sp³-hybridized carbons (Fsp3) is 0.700. The van der Waals surface area contributed by atoms with Crippen molar-refractivity contribution in [2.24, 2.45) is 0 Å². The fourth-order valence-electron chi connectivity index (χ4n) is 1.37. The average Bonchev–Trinajstić information content (AvgIpc) is 2.45. The van der Waals surface area contributed by atoms with E-state index < -0.39 is 0 Å². The first kappa shape index (κ1) is 9.37. The van der Waals surface area contributed by atoms with Crippen molar-refractivity contribution in [1.82, 2.24) is 10.1 Å². The third kappa shape index (κ3) is 1.56. The standard InChI is InChI=1S/C10H14N2O2/c1-10(2,3)9-11-8(14-12-9)6-4-7(13)5-6/h6H,4-5H2,1-3H3. The summed E-state index contributed by atoms with van der Waals surface area (Å²) in [4.78, 5) is 15.1. The highest BCUT2D eigenvalue weighted by molar-refractivity contribution is 5.85. The SMILES string of the molecule is CC(C)(C)c1noc(C2CC(=O)C2)n1. The van der Waals surface area contributed by atoms with E-state index >= 15 is 0 Å². The van der Waals surface area contributed by atoms with Crippen LogP contribution in [0.1, 0.15) is 51.2 Å². The summed E-state index contributed by atoms with van der Waals surface area (Å²) in [5.74, 6) is 1.79. The van der Waals surface area contributed by atoms with Gasteiger partial charge in [0.2, 0.25) is 5.89 Å². The highest BCUT2D eigenvalue weighted by atomic mass is 16.5. The van der Waals surface area contributed by atoms with Crippen LogP contribution in [0.3, 0.4) is 0 Å². The molecule has 0 saturated heterocycles. The molecule has 1 aliphatic carbocycles. The van der Waals surface area contributed by atoms with Crippen LogP contribution in [0.4, 0.5) is 0 Å². The molecule has 1 aromatic rings. The Morgan fingerprint density at radius 2 is 2.00 bits per heavy atom. The number of hydrogen-bond acceptors (Lipinski definition) is 4. The summed E-state index contributed by atoms with van der Waals surface area (Å²) >= 11 is 0. The molecule has 1 saturated carbocycles. The first-order chi connectivity index (χ1) is 6.47. The van der Waals surface area contributed by atoms with Crippen molar-refractivity contribution < 1.29 is 9.32 Å². The summed E-state index contributed by atoms with van der Waals surface area (Å²) in [5, 5.41) is 3.92. The number of Topliss-reactive ketones (excluding diaryl/α,β-unsaturated/α-hetero) is 1. The van der Waals surface area contributed by atoms with Crippen LogP contribution in [0.15, 0.2) is 4.52 Å². The van der Waals surface area contributed by atoms with E-state index in [1.54, 1.807) is 0 Å². The van der Waals surface area contributed by atoms with Crippen LogP contribution in [0.2, 0.25) is 0 Å². The van der Waals surface area contributed by atoms with Gasteiger partial charge in [-0.05, 0) is 0 Å². The van der Waals surface area contributed by atoms with Crippen LogP contribution in [0, 0.1) is 0 Å². The number of hydrogen-bond donors (Lipinski definition) is 0. The molecule has 4 heteroatoms. The molecular formula is C10H14N2O2. The lowest BCUT2D eigenvalue weighted by Gasteiger charge is -2.19. The summed E-state index contributed by atoms with van der Waals surface area (Å²) in [5.41, 5.74) is -0.0878. The predicted octanol–water partition coefficient (Wildman–Crippen LogP) is 1.81. The molecule has 1 aliphatic rings. The summed E-state index contributed by atoms with van der Waals surface area (Å²) in [6.07, 6.45) is 1.12. The largest absolute Gasteiger partial charge is 0.339 e. The number of ketones is 1. The lowest BCUT2D eigenvalue weighted by molar-refractivity contribution is -0.125. The molecule has 0 bridgehead atoms. The molecule has 0 amide bonds. The van der Waals surface area contributed by atoms with E-state index in [1.165, 1.54) is 0 Å². The number of nitrogens with zero attached hydrogens (tertiary/aromatic N) is 2. The second-order valence-electron chi connectivity index (χ2n) is 4.85. The molecular weight excluding hydrogens is 180 g/mol. The van der Waals surface area contributed by atoms with Crippen molar-refractivity contribution in [3.63, 3.8) is 0 Å². The monoisotopic (exact) mass is 194 g/mol. The Hall–Kier alpha value is -1.19. The van der Waals surface area contributed by atoms with E-state index in [4.69, 9.17) is 4.52 Å². The molecule has 0 radical (unpaired) electrons. The predicted molar refractivity (Wildman–Crippen MR) is 50.0 cm³/mol. The molecule has 1 aromatic heterocycles. The van der Waals surface area contributed by atoms with E-state index in [9.17, 15) is 4.79 Å². The Morgan fingerprint density at radius 1 is 1.36 bits per heavy atom. The Labute approximate surface area is 82.7 Å². The summed E-state index contributed by atoms with van der Waals surface area (Å²) in [7, 11) is 0. The van der Waals surface area contributed by atoms with Crippen LogP contribution in [-0.2, 0) is 10.2 Å². The van der Waals surface area contributed by atoms with E-state index in [1.807, 2.05) is 20.8 Å². The zero-order valence-corrected chi connectivity index (χ0v) is 8.70. The highest BCUT2D eigenvalue weighted by Gasteiger charge is 2.33. The number of aromatic nitrogens is 2. The van der Waals surface area contributed by atoms with Crippen molar-refractivity contribution in [1.29, 1.82) is 0 Å². The normalized spacial score (nSPS) is 18.4. The van der Waals surface area contributed by atoms with E-state index in [0.717, 1.165) is 0 Å². The first-order valence-corrected chi connectivity index (χ1v) is 4.82. The molecule has 76 valence electrons. The van der Waals surface area contributed by atoms with Crippen LogP contribution in [0.5, 0.6) is 0 Å². The number of rotatable bonds is 1. The molecule has 0 N–H and O–H groups in total. The maximum absolute atomic E-state index is 10.8. The first-order valence-electron chi connectivity index (χ1n) is 4.82. The molecule has 0 aliphatic heterocycles. The van der Waals surface area contributed by atoms with Crippen LogP contribution >= 0.6 is 0 Å². The number of carbonyl (C=O) groups excluding carboxylic acids is 1. The van der Waals surface area contributed by atoms with Crippen LogP contribution in [0.25, 0.3) is 0 Å². The zero-order chi connectivity index (χ0) is 10.3. The Kier molecular flexibility index (Phi) is 1.94. The van der Waals surface area contributed by atoms with Crippen molar-refractivity contribution >= 4 is 5.78 Å². The van der Waals surface area contributed by atoms with Crippen molar-refractivity contribution in [3.8, 4) is 0 Å². The fourth-order valence-corrected chi connectivity index (χ4v) is 1.37. The Balaban J connectivity index is 2.14. The molecule has 0 unspecified atom stereocenters. The van der Waals surface area contributed by atoms with Gasteiger partial charge < -0.3 is 4.52 Å².